The van der Waals surface area contributed by atoms with E-state index in [4.69, 9.17) is 0 Å². The molecule has 0 aromatic heterocycles. The summed E-state index contributed by atoms with van der Waals surface area (Å²) >= 11 is 1.29. The summed E-state index contributed by atoms with van der Waals surface area (Å²) in [5.74, 6) is 0. The van der Waals surface area contributed by atoms with Crippen molar-refractivity contribution < 1.29 is 13.2 Å². The number of halogens is 3. The molecule has 1 aromatic carbocycles. The standard InChI is InChI=1S/C11H12F3NS/c1-10(2)6-15-8-5-3-4-7(9(8)16-10)11(12,13)14/h3-5,15H,6H2,1-2H3. The van der Waals surface area contributed by atoms with Crippen molar-refractivity contribution in [2.75, 3.05) is 11.9 Å². The van der Waals surface area contributed by atoms with Gasteiger partial charge in [-0.2, -0.15) is 13.2 Å². The predicted molar refractivity (Wildman–Crippen MR) is 59.9 cm³/mol. The maximum atomic E-state index is 12.8. The van der Waals surface area contributed by atoms with Gasteiger partial charge in [0.1, 0.15) is 0 Å². The summed E-state index contributed by atoms with van der Waals surface area (Å²) < 4.78 is 38.1. The molecule has 1 heterocycles. The molecule has 0 radical (unpaired) electrons. The Morgan fingerprint density at radius 1 is 1.31 bits per heavy atom. The number of anilines is 1. The highest BCUT2D eigenvalue weighted by atomic mass is 32.2. The molecule has 0 unspecified atom stereocenters. The molecule has 2 rings (SSSR count). The first-order valence-electron chi connectivity index (χ1n) is 4.93. The van der Waals surface area contributed by atoms with Crippen LogP contribution < -0.4 is 5.32 Å². The summed E-state index contributed by atoms with van der Waals surface area (Å²) in [6, 6.07) is 4.26. The Kier molecular flexibility index (Phi) is 2.61. The molecular weight excluding hydrogens is 235 g/mol. The molecule has 0 saturated carbocycles. The lowest BCUT2D eigenvalue weighted by Crippen LogP contribution is -2.31. The Hall–Kier alpha value is -0.840. The Labute approximate surface area is 96.4 Å². The van der Waals surface area contributed by atoms with E-state index in [2.05, 4.69) is 5.32 Å². The number of thioether (sulfide) groups is 1. The van der Waals surface area contributed by atoms with E-state index in [-0.39, 0.29) is 4.75 Å². The maximum Gasteiger partial charge on any atom is 0.417 e. The van der Waals surface area contributed by atoms with Crippen molar-refractivity contribution in [2.45, 2.75) is 29.7 Å². The fourth-order valence-corrected chi connectivity index (χ4v) is 2.87. The molecule has 1 aliphatic heterocycles. The molecule has 1 nitrogen and oxygen atoms in total. The van der Waals surface area contributed by atoms with Crippen molar-refractivity contribution in [1.29, 1.82) is 0 Å². The topological polar surface area (TPSA) is 12.0 Å². The average molecular weight is 247 g/mol. The van der Waals surface area contributed by atoms with Gasteiger partial charge in [-0.1, -0.05) is 6.07 Å². The van der Waals surface area contributed by atoms with Crippen LogP contribution in [0.1, 0.15) is 19.4 Å². The largest absolute Gasteiger partial charge is 0.417 e. The van der Waals surface area contributed by atoms with Gasteiger partial charge in [-0.3, -0.25) is 0 Å². The van der Waals surface area contributed by atoms with Crippen LogP contribution in [0, 0.1) is 0 Å². The molecule has 88 valence electrons. The third-order valence-electron chi connectivity index (χ3n) is 2.40. The van der Waals surface area contributed by atoms with Crippen LogP contribution in [0.4, 0.5) is 18.9 Å². The van der Waals surface area contributed by atoms with Crippen molar-refractivity contribution >= 4 is 17.4 Å². The number of fused-ring (bicyclic) bond motifs is 1. The van der Waals surface area contributed by atoms with E-state index < -0.39 is 11.7 Å². The molecule has 1 aromatic rings. The Morgan fingerprint density at radius 3 is 2.62 bits per heavy atom. The van der Waals surface area contributed by atoms with Crippen LogP contribution in [0.3, 0.4) is 0 Å². The van der Waals surface area contributed by atoms with Crippen molar-refractivity contribution in [3.8, 4) is 0 Å². The lowest BCUT2D eigenvalue weighted by molar-refractivity contribution is -0.139. The second kappa shape index (κ2) is 3.58. The third-order valence-corrected chi connectivity index (χ3v) is 3.74. The molecule has 0 saturated heterocycles. The van der Waals surface area contributed by atoms with Crippen LogP contribution in [0.5, 0.6) is 0 Å². The van der Waals surface area contributed by atoms with E-state index in [9.17, 15) is 13.2 Å². The van der Waals surface area contributed by atoms with Crippen molar-refractivity contribution in [1.82, 2.24) is 0 Å². The van der Waals surface area contributed by atoms with Gasteiger partial charge in [0.05, 0.1) is 5.56 Å². The van der Waals surface area contributed by atoms with Crippen LogP contribution in [0.25, 0.3) is 0 Å². The van der Waals surface area contributed by atoms with E-state index in [0.717, 1.165) is 6.07 Å². The molecular formula is C11H12F3NS. The maximum absolute atomic E-state index is 12.8. The first-order chi connectivity index (χ1) is 7.30. The third kappa shape index (κ3) is 2.14. The zero-order chi connectivity index (χ0) is 12.0. The predicted octanol–water partition coefficient (Wildman–Crippen LogP) is 4.00. The van der Waals surface area contributed by atoms with E-state index in [1.807, 2.05) is 13.8 Å². The first kappa shape index (κ1) is 11.6. The van der Waals surface area contributed by atoms with E-state index >= 15 is 0 Å². The highest BCUT2D eigenvalue weighted by Gasteiger charge is 2.38. The minimum atomic E-state index is -4.28. The number of hydrogen-bond donors (Lipinski definition) is 1. The summed E-state index contributed by atoms with van der Waals surface area (Å²) in [5.41, 5.74) is 0.0365. The highest BCUT2D eigenvalue weighted by molar-refractivity contribution is 8.01. The molecule has 0 bridgehead atoms. The summed E-state index contributed by atoms with van der Waals surface area (Å²) in [6.45, 7) is 4.54. The molecule has 1 aliphatic rings. The van der Waals surface area contributed by atoms with Gasteiger partial charge in [-0.25, -0.2) is 0 Å². The van der Waals surface area contributed by atoms with Crippen molar-refractivity contribution in [2.24, 2.45) is 0 Å². The van der Waals surface area contributed by atoms with Crippen LogP contribution >= 0.6 is 11.8 Å². The smallest absolute Gasteiger partial charge is 0.383 e. The van der Waals surface area contributed by atoms with Gasteiger partial charge in [-0.05, 0) is 26.0 Å². The minimum absolute atomic E-state index is 0.214. The second-order valence-electron chi connectivity index (χ2n) is 4.40. The number of alkyl halides is 3. The number of hydrogen-bond acceptors (Lipinski definition) is 2. The molecule has 1 N–H and O–H groups in total. The molecule has 0 amide bonds. The SMILES string of the molecule is CC1(C)CNc2cccc(C(F)(F)F)c2S1. The Balaban J connectivity index is 2.51. The summed E-state index contributed by atoms with van der Waals surface area (Å²) in [4.78, 5) is 0.311. The van der Waals surface area contributed by atoms with Gasteiger partial charge in [-0.15, -0.1) is 11.8 Å². The second-order valence-corrected chi connectivity index (χ2v) is 6.11. The zero-order valence-electron chi connectivity index (χ0n) is 8.98. The van der Waals surface area contributed by atoms with Crippen LogP contribution in [-0.2, 0) is 6.18 Å². The Bertz CT molecular complexity index is 412. The average Bonchev–Trinajstić information content (AvgIpc) is 2.13. The van der Waals surface area contributed by atoms with Gasteiger partial charge >= 0.3 is 6.18 Å². The lowest BCUT2D eigenvalue weighted by atomic mass is 10.1. The normalized spacial score (nSPS) is 18.8. The first-order valence-corrected chi connectivity index (χ1v) is 5.74. The molecule has 16 heavy (non-hydrogen) atoms. The molecule has 0 aliphatic carbocycles. The van der Waals surface area contributed by atoms with Crippen molar-refractivity contribution in [3.63, 3.8) is 0 Å². The molecule has 5 heteroatoms. The van der Waals surface area contributed by atoms with Crippen LogP contribution in [0.2, 0.25) is 0 Å². The van der Waals surface area contributed by atoms with Crippen LogP contribution in [-0.4, -0.2) is 11.3 Å². The summed E-state index contributed by atoms with van der Waals surface area (Å²) in [5, 5.41) is 3.04. The van der Waals surface area contributed by atoms with Gasteiger partial charge < -0.3 is 5.32 Å². The summed E-state index contributed by atoms with van der Waals surface area (Å²) in [6.07, 6.45) is -4.28. The number of nitrogens with one attached hydrogen (secondary N) is 1. The van der Waals surface area contributed by atoms with E-state index in [0.29, 0.717) is 17.1 Å². The molecule has 0 spiro atoms. The lowest BCUT2D eigenvalue weighted by Gasteiger charge is -2.33. The van der Waals surface area contributed by atoms with Crippen LogP contribution in [0.15, 0.2) is 23.1 Å². The van der Waals surface area contributed by atoms with Gasteiger partial charge in [0.25, 0.3) is 0 Å². The quantitative estimate of drug-likeness (QED) is 0.743. The van der Waals surface area contributed by atoms with E-state index in [1.165, 1.54) is 17.8 Å². The molecule has 0 fully saturated rings. The minimum Gasteiger partial charge on any atom is -0.383 e. The Morgan fingerprint density at radius 2 is 2.00 bits per heavy atom. The number of benzene rings is 1. The fraction of sp³-hybridized carbons (Fsp3) is 0.455. The van der Waals surface area contributed by atoms with Gasteiger partial charge in [0.2, 0.25) is 0 Å². The van der Waals surface area contributed by atoms with E-state index in [1.54, 1.807) is 6.07 Å². The van der Waals surface area contributed by atoms with Crippen molar-refractivity contribution in [3.05, 3.63) is 23.8 Å². The highest BCUT2D eigenvalue weighted by Crippen LogP contribution is 2.47. The number of rotatable bonds is 0. The molecule has 0 atom stereocenters. The zero-order valence-corrected chi connectivity index (χ0v) is 9.80. The van der Waals surface area contributed by atoms with Gasteiger partial charge in [0, 0.05) is 21.9 Å². The van der Waals surface area contributed by atoms with Gasteiger partial charge in [0.15, 0.2) is 0 Å². The summed E-state index contributed by atoms with van der Waals surface area (Å²) in [7, 11) is 0. The fourth-order valence-electron chi connectivity index (χ4n) is 1.63. The monoisotopic (exact) mass is 247 g/mol.